The molecule has 0 bridgehead atoms. The molecule has 0 aliphatic carbocycles. The smallest absolute Gasteiger partial charge is 0.227 e. The minimum Gasteiger partial charge on any atom is -0.379 e. The molecule has 0 aromatic carbocycles. The van der Waals surface area contributed by atoms with Crippen molar-refractivity contribution in [1.82, 2.24) is 10.2 Å². The van der Waals surface area contributed by atoms with Gasteiger partial charge in [-0.15, -0.1) is 0 Å². The van der Waals surface area contributed by atoms with Crippen molar-refractivity contribution in [2.24, 2.45) is 11.1 Å². The number of nitrogens with zero attached hydrogens (tertiary/aromatic N) is 1. The molecule has 1 aliphatic heterocycles. The van der Waals surface area contributed by atoms with Crippen molar-refractivity contribution in [1.29, 1.82) is 0 Å². The highest BCUT2D eigenvalue weighted by atomic mass is 16.5. The van der Waals surface area contributed by atoms with Gasteiger partial charge in [0.1, 0.15) is 0 Å². The second kappa shape index (κ2) is 7.82. The molecule has 5 heteroatoms. The number of ether oxygens (including phenoxy) is 1. The summed E-state index contributed by atoms with van der Waals surface area (Å²) >= 11 is 0. The molecule has 19 heavy (non-hydrogen) atoms. The molecule has 5 nitrogen and oxygen atoms in total. The molecule has 0 aromatic heterocycles. The summed E-state index contributed by atoms with van der Waals surface area (Å²) in [5.74, 6) is 0.0981. The molecule has 1 aliphatic rings. The van der Waals surface area contributed by atoms with Gasteiger partial charge in [0.15, 0.2) is 0 Å². The zero-order chi connectivity index (χ0) is 14.3. The van der Waals surface area contributed by atoms with E-state index < -0.39 is 5.41 Å². The van der Waals surface area contributed by atoms with Crippen LogP contribution < -0.4 is 11.1 Å². The second-order valence-electron chi connectivity index (χ2n) is 5.41. The number of hydrogen-bond acceptors (Lipinski definition) is 4. The van der Waals surface area contributed by atoms with E-state index in [-0.39, 0.29) is 5.91 Å². The summed E-state index contributed by atoms with van der Waals surface area (Å²) < 4.78 is 5.40. The highest BCUT2D eigenvalue weighted by molar-refractivity contribution is 5.82. The van der Waals surface area contributed by atoms with Gasteiger partial charge in [0.05, 0.1) is 18.6 Å². The predicted octanol–water partition coefficient (Wildman–Crippen LogP) is 0.588. The number of carbonyl (C=O) groups is 1. The van der Waals surface area contributed by atoms with Gasteiger partial charge in [0.2, 0.25) is 5.91 Å². The summed E-state index contributed by atoms with van der Waals surface area (Å²) in [6.07, 6.45) is 1.58. The van der Waals surface area contributed by atoms with E-state index in [1.807, 2.05) is 13.8 Å². The molecule has 0 radical (unpaired) electrons. The minimum atomic E-state index is -0.392. The van der Waals surface area contributed by atoms with Crippen molar-refractivity contribution < 1.29 is 9.53 Å². The standard InChI is InChI=1S/C14H29N3O2/c1-4-14(5-2,11-15)13(18)16-6-7-17-8-9-19-10-12(17)3/h12H,4-11,15H2,1-3H3,(H,16,18). The zero-order valence-electron chi connectivity index (χ0n) is 12.6. The molecule has 0 aromatic rings. The van der Waals surface area contributed by atoms with E-state index in [0.717, 1.165) is 39.1 Å². The Morgan fingerprint density at radius 1 is 1.47 bits per heavy atom. The van der Waals surface area contributed by atoms with E-state index >= 15 is 0 Å². The average Bonchev–Trinajstić information content (AvgIpc) is 2.43. The van der Waals surface area contributed by atoms with Gasteiger partial charge in [-0.05, 0) is 19.8 Å². The van der Waals surface area contributed by atoms with Crippen LogP contribution in [0.1, 0.15) is 33.6 Å². The molecule has 1 fully saturated rings. The van der Waals surface area contributed by atoms with E-state index in [4.69, 9.17) is 10.5 Å². The summed E-state index contributed by atoms with van der Waals surface area (Å²) in [6, 6.07) is 0.433. The number of rotatable bonds is 7. The van der Waals surface area contributed by atoms with Crippen LogP contribution in [0, 0.1) is 5.41 Å². The lowest BCUT2D eigenvalue weighted by atomic mass is 9.81. The van der Waals surface area contributed by atoms with Crippen molar-refractivity contribution in [2.45, 2.75) is 39.7 Å². The van der Waals surface area contributed by atoms with Crippen LogP contribution in [0.2, 0.25) is 0 Å². The van der Waals surface area contributed by atoms with Crippen LogP contribution in [0.25, 0.3) is 0 Å². The Labute approximate surface area is 116 Å². The van der Waals surface area contributed by atoms with Gasteiger partial charge in [-0.3, -0.25) is 9.69 Å². The Bertz CT molecular complexity index is 272. The van der Waals surface area contributed by atoms with Crippen LogP contribution in [-0.2, 0) is 9.53 Å². The number of nitrogens with one attached hydrogen (secondary N) is 1. The monoisotopic (exact) mass is 271 g/mol. The lowest BCUT2D eigenvalue weighted by Crippen LogP contribution is -2.50. The van der Waals surface area contributed by atoms with Crippen molar-refractivity contribution in [3.63, 3.8) is 0 Å². The molecule has 0 spiro atoms. The number of carbonyl (C=O) groups excluding carboxylic acids is 1. The molecule has 3 N–H and O–H groups in total. The third kappa shape index (κ3) is 4.16. The fourth-order valence-electron chi connectivity index (χ4n) is 2.55. The molecule has 1 atom stereocenters. The third-order valence-electron chi connectivity index (χ3n) is 4.42. The first kappa shape index (κ1) is 16.4. The SMILES string of the molecule is CCC(CC)(CN)C(=O)NCCN1CCOCC1C. The normalized spacial score (nSPS) is 21.4. The second-order valence-corrected chi connectivity index (χ2v) is 5.41. The van der Waals surface area contributed by atoms with E-state index in [0.29, 0.717) is 19.1 Å². The maximum Gasteiger partial charge on any atom is 0.227 e. The minimum absolute atomic E-state index is 0.0981. The molecule has 1 saturated heterocycles. The van der Waals surface area contributed by atoms with Crippen molar-refractivity contribution >= 4 is 5.91 Å². The first-order valence-electron chi connectivity index (χ1n) is 7.39. The van der Waals surface area contributed by atoms with E-state index in [1.54, 1.807) is 0 Å². The van der Waals surface area contributed by atoms with E-state index in [1.165, 1.54) is 0 Å². The summed E-state index contributed by atoms with van der Waals surface area (Å²) in [7, 11) is 0. The summed E-state index contributed by atoms with van der Waals surface area (Å²) in [6.45, 7) is 10.7. The maximum atomic E-state index is 12.2. The highest BCUT2D eigenvalue weighted by Crippen LogP contribution is 2.24. The van der Waals surface area contributed by atoms with Gasteiger partial charge in [0, 0.05) is 32.2 Å². The Hall–Kier alpha value is -0.650. The van der Waals surface area contributed by atoms with Crippen LogP contribution >= 0.6 is 0 Å². The zero-order valence-corrected chi connectivity index (χ0v) is 12.6. The predicted molar refractivity (Wildman–Crippen MR) is 76.9 cm³/mol. The molecule has 1 unspecified atom stereocenters. The molecule has 1 amide bonds. The lowest BCUT2D eigenvalue weighted by Gasteiger charge is -2.34. The summed E-state index contributed by atoms with van der Waals surface area (Å²) in [5.41, 5.74) is 5.39. The van der Waals surface area contributed by atoms with E-state index in [9.17, 15) is 4.79 Å². The largest absolute Gasteiger partial charge is 0.379 e. The van der Waals surface area contributed by atoms with Crippen LogP contribution in [-0.4, -0.2) is 56.2 Å². The van der Waals surface area contributed by atoms with Gasteiger partial charge < -0.3 is 15.8 Å². The van der Waals surface area contributed by atoms with Crippen molar-refractivity contribution in [3.8, 4) is 0 Å². The number of morpholine rings is 1. The molecular weight excluding hydrogens is 242 g/mol. The Morgan fingerprint density at radius 2 is 2.16 bits per heavy atom. The fraction of sp³-hybridized carbons (Fsp3) is 0.929. The third-order valence-corrected chi connectivity index (χ3v) is 4.42. The highest BCUT2D eigenvalue weighted by Gasteiger charge is 2.33. The number of hydrogen-bond donors (Lipinski definition) is 2. The Kier molecular flexibility index (Phi) is 6.75. The van der Waals surface area contributed by atoms with Crippen LogP contribution in [0.5, 0.6) is 0 Å². The summed E-state index contributed by atoms with van der Waals surface area (Å²) in [4.78, 5) is 14.6. The van der Waals surface area contributed by atoms with Crippen LogP contribution in [0.4, 0.5) is 0 Å². The molecule has 0 saturated carbocycles. The van der Waals surface area contributed by atoms with Gasteiger partial charge in [-0.2, -0.15) is 0 Å². The first-order chi connectivity index (χ1) is 9.09. The molecular formula is C14H29N3O2. The van der Waals surface area contributed by atoms with Gasteiger partial charge in [0.25, 0.3) is 0 Å². The Balaban J connectivity index is 2.37. The van der Waals surface area contributed by atoms with E-state index in [2.05, 4.69) is 17.1 Å². The van der Waals surface area contributed by atoms with Crippen LogP contribution in [0.3, 0.4) is 0 Å². The van der Waals surface area contributed by atoms with Gasteiger partial charge in [-0.1, -0.05) is 13.8 Å². The first-order valence-corrected chi connectivity index (χ1v) is 7.39. The molecule has 1 heterocycles. The molecule has 1 rings (SSSR count). The fourth-order valence-corrected chi connectivity index (χ4v) is 2.55. The topological polar surface area (TPSA) is 67.6 Å². The lowest BCUT2D eigenvalue weighted by molar-refractivity contribution is -0.131. The maximum absolute atomic E-state index is 12.2. The average molecular weight is 271 g/mol. The van der Waals surface area contributed by atoms with Crippen LogP contribution in [0.15, 0.2) is 0 Å². The molecule has 112 valence electrons. The Morgan fingerprint density at radius 3 is 2.68 bits per heavy atom. The summed E-state index contributed by atoms with van der Waals surface area (Å²) in [5, 5.41) is 3.04. The van der Waals surface area contributed by atoms with Gasteiger partial charge >= 0.3 is 0 Å². The van der Waals surface area contributed by atoms with Gasteiger partial charge in [-0.25, -0.2) is 0 Å². The van der Waals surface area contributed by atoms with Crippen molar-refractivity contribution in [3.05, 3.63) is 0 Å². The quantitative estimate of drug-likeness (QED) is 0.711. The number of amides is 1. The van der Waals surface area contributed by atoms with Crippen molar-refractivity contribution in [2.75, 3.05) is 39.4 Å². The number of nitrogens with two attached hydrogens (primary N) is 1.